The third-order valence-corrected chi connectivity index (χ3v) is 3.38. The predicted octanol–water partition coefficient (Wildman–Crippen LogP) is 2.98. The molecule has 2 rings (SSSR count). The van der Waals surface area contributed by atoms with Crippen molar-refractivity contribution in [3.63, 3.8) is 0 Å². The van der Waals surface area contributed by atoms with Crippen LogP contribution in [0.5, 0.6) is 0 Å². The molecule has 0 aromatic carbocycles. The number of rotatable bonds is 3. The highest BCUT2D eigenvalue weighted by Gasteiger charge is 2.22. The lowest BCUT2D eigenvalue weighted by molar-refractivity contribution is 0.439. The second kappa shape index (κ2) is 4.79. The molecule has 4 heteroatoms. The smallest absolute Gasteiger partial charge is 0.222 e. The van der Waals surface area contributed by atoms with Gasteiger partial charge < -0.3 is 5.32 Å². The molecule has 0 spiro atoms. The van der Waals surface area contributed by atoms with Gasteiger partial charge in [-0.3, -0.25) is 0 Å². The first-order valence-corrected chi connectivity index (χ1v) is 5.85. The average Bonchev–Trinajstić information content (AvgIpc) is 2.63. The van der Waals surface area contributed by atoms with Gasteiger partial charge in [0.25, 0.3) is 0 Å². The van der Waals surface area contributed by atoms with Gasteiger partial charge in [0.1, 0.15) is 0 Å². The quantitative estimate of drug-likeness (QED) is 0.860. The van der Waals surface area contributed by atoms with Crippen molar-refractivity contribution in [3.05, 3.63) is 17.4 Å². The summed E-state index contributed by atoms with van der Waals surface area (Å²) in [6.45, 7) is 3.30. The molecule has 3 nitrogen and oxygen atoms in total. The van der Waals surface area contributed by atoms with Crippen molar-refractivity contribution >= 4 is 17.5 Å². The number of hydrogen-bond donors (Lipinski definition) is 1. The maximum atomic E-state index is 5.71. The fourth-order valence-corrected chi connectivity index (χ4v) is 2.25. The molecule has 1 aliphatic rings. The summed E-state index contributed by atoms with van der Waals surface area (Å²) in [6.07, 6.45) is 7.27. The molecule has 1 N–H and O–H groups in total. The first-order chi connectivity index (χ1) is 7.25. The van der Waals surface area contributed by atoms with Crippen LogP contribution < -0.4 is 5.32 Å². The zero-order chi connectivity index (χ0) is 10.7. The maximum absolute atomic E-state index is 5.71. The summed E-state index contributed by atoms with van der Waals surface area (Å²) >= 11 is 5.71. The van der Waals surface area contributed by atoms with Crippen LogP contribution in [0.15, 0.2) is 12.4 Å². The molecule has 2 atom stereocenters. The third-order valence-electron chi connectivity index (χ3n) is 3.18. The van der Waals surface area contributed by atoms with Crippen LogP contribution in [-0.4, -0.2) is 16.5 Å². The molecule has 0 aliphatic heterocycles. The second-order valence-electron chi connectivity index (χ2n) is 4.27. The van der Waals surface area contributed by atoms with E-state index in [0.29, 0.717) is 11.0 Å². The van der Waals surface area contributed by atoms with Crippen molar-refractivity contribution in [1.29, 1.82) is 0 Å². The summed E-state index contributed by atoms with van der Waals surface area (Å²) in [5.41, 5.74) is 0. The first-order valence-electron chi connectivity index (χ1n) is 5.47. The van der Waals surface area contributed by atoms with Crippen LogP contribution >= 0.6 is 11.6 Å². The molecule has 0 saturated heterocycles. The van der Waals surface area contributed by atoms with Crippen LogP contribution in [0.4, 0.5) is 5.95 Å². The van der Waals surface area contributed by atoms with E-state index in [-0.39, 0.29) is 0 Å². The normalized spacial score (nSPS) is 25.5. The lowest BCUT2D eigenvalue weighted by atomic mass is 9.98. The van der Waals surface area contributed by atoms with E-state index in [1.54, 1.807) is 12.4 Å². The fourth-order valence-electron chi connectivity index (χ4n) is 2.15. The van der Waals surface area contributed by atoms with Crippen LogP contribution in [0, 0.1) is 11.8 Å². The Hall–Kier alpha value is -0.830. The van der Waals surface area contributed by atoms with Gasteiger partial charge in [-0.2, -0.15) is 0 Å². The summed E-state index contributed by atoms with van der Waals surface area (Å²) in [6, 6.07) is 0. The molecule has 0 amide bonds. The number of nitrogens with one attached hydrogen (secondary N) is 1. The van der Waals surface area contributed by atoms with Crippen LogP contribution in [-0.2, 0) is 0 Å². The molecule has 1 aliphatic carbocycles. The van der Waals surface area contributed by atoms with Gasteiger partial charge in [-0.15, -0.1) is 0 Å². The van der Waals surface area contributed by atoms with Crippen molar-refractivity contribution < 1.29 is 0 Å². The standard InChI is InChI=1S/C11H16ClN3/c1-8-3-2-4-9(8)5-13-11-14-6-10(12)7-15-11/h6-9H,2-5H2,1H3,(H,13,14,15). The van der Waals surface area contributed by atoms with E-state index in [1.807, 2.05) is 0 Å². The van der Waals surface area contributed by atoms with Gasteiger partial charge in [-0.25, -0.2) is 9.97 Å². The minimum atomic E-state index is 0.579. The molecular weight excluding hydrogens is 210 g/mol. The van der Waals surface area contributed by atoms with Gasteiger partial charge in [0.05, 0.1) is 17.4 Å². The molecule has 1 fully saturated rings. The first kappa shape index (κ1) is 10.7. The Morgan fingerprint density at radius 1 is 1.40 bits per heavy atom. The van der Waals surface area contributed by atoms with E-state index < -0.39 is 0 Å². The Balaban J connectivity index is 1.85. The van der Waals surface area contributed by atoms with E-state index in [4.69, 9.17) is 11.6 Å². The van der Waals surface area contributed by atoms with Crippen molar-refractivity contribution in [2.45, 2.75) is 26.2 Å². The molecule has 0 bridgehead atoms. The molecule has 0 radical (unpaired) electrons. The molecule has 1 saturated carbocycles. The summed E-state index contributed by atoms with van der Waals surface area (Å²) < 4.78 is 0. The molecule has 1 heterocycles. The van der Waals surface area contributed by atoms with Crippen LogP contribution in [0.3, 0.4) is 0 Å². The Labute approximate surface area is 95.3 Å². The Morgan fingerprint density at radius 3 is 2.73 bits per heavy atom. The number of halogens is 1. The third kappa shape index (κ3) is 2.81. The van der Waals surface area contributed by atoms with Crippen molar-refractivity contribution in [3.8, 4) is 0 Å². The summed E-state index contributed by atoms with van der Waals surface area (Å²) in [5, 5.41) is 3.84. The molecule has 1 aromatic rings. The lowest BCUT2D eigenvalue weighted by Gasteiger charge is -2.15. The van der Waals surface area contributed by atoms with Crippen LogP contribution in [0.2, 0.25) is 5.02 Å². The molecule has 1 aromatic heterocycles. The Kier molecular flexibility index (Phi) is 3.41. The predicted molar refractivity (Wildman–Crippen MR) is 62.0 cm³/mol. The average molecular weight is 226 g/mol. The van der Waals surface area contributed by atoms with Crippen LogP contribution in [0.1, 0.15) is 26.2 Å². The minimum absolute atomic E-state index is 0.579. The van der Waals surface area contributed by atoms with Crippen LogP contribution in [0.25, 0.3) is 0 Å². The maximum Gasteiger partial charge on any atom is 0.222 e. The van der Waals surface area contributed by atoms with Gasteiger partial charge in [0.2, 0.25) is 5.95 Å². The van der Waals surface area contributed by atoms with Gasteiger partial charge in [0, 0.05) is 6.54 Å². The van der Waals surface area contributed by atoms with Gasteiger partial charge in [-0.1, -0.05) is 31.4 Å². The molecule has 15 heavy (non-hydrogen) atoms. The Bertz CT molecular complexity index is 312. The molecular formula is C11H16ClN3. The fraction of sp³-hybridized carbons (Fsp3) is 0.636. The number of nitrogens with zero attached hydrogens (tertiary/aromatic N) is 2. The summed E-state index contributed by atoms with van der Waals surface area (Å²) in [4.78, 5) is 8.22. The van der Waals surface area contributed by atoms with E-state index in [0.717, 1.165) is 18.4 Å². The SMILES string of the molecule is CC1CCCC1CNc1ncc(Cl)cn1. The van der Waals surface area contributed by atoms with Crippen molar-refractivity contribution in [1.82, 2.24) is 9.97 Å². The highest BCUT2D eigenvalue weighted by molar-refractivity contribution is 6.30. The summed E-state index contributed by atoms with van der Waals surface area (Å²) in [5.74, 6) is 2.27. The van der Waals surface area contributed by atoms with E-state index in [9.17, 15) is 0 Å². The van der Waals surface area contributed by atoms with Gasteiger partial charge in [0.15, 0.2) is 0 Å². The largest absolute Gasteiger partial charge is 0.354 e. The topological polar surface area (TPSA) is 37.8 Å². The second-order valence-corrected chi connectivity index (χ2v) is 4.71. The monoisotopic (exact) mass is 225 g/mol. The molecule has 82 valence electrons. The highest BCUT2D eigenvalue weighted by Crippen LogP contribution is 2.30. The zero-order valence-electron chi connectivity index (χ0n) is 8.91. The Morgan fingerprint density at radius 2 is 2.13 bits per heavy atom. The zero-order valence-corrected chi connectivity index (χ0v) is 9.67. The number of anilines is 1. The van der Waals surface area contributed by atoms with Gasteiger partial charge >= 0.3 is 0 Å². The minimum Gasteiger partial charge on any atom is -0.354 e. The number of hydrogen-bond acceptors (Lipinski definition) is 3. The van der Waals surface area contributed by atoms with E-state index in [1.165, 1.54) is 19.3 Å². The van der Waals surface area contributed by atoms with E-state index >= 15 is 0 Å². The molecule has 2 unspecified atom stereocenters. The van der Waals surface area contributed by atoms with Gasteiger partial charge in [-0.05, 0) is 18.3 Å². The number of aromatic nitrogens is 2. The van der Waals surface area contributed by atoms with Crippen molar-refractivity contribution in [2.24, 2.45) is 11.8 Å². The highest BCUT2D eigenvalue weighted by atomic mass is 35.5. The lowest BCUT2D eigenvalue weighted by Crippen LogP contribution is -2.17. The van der Waals surface area contributed by atoms with E-state index in [2.05, 4.69) is 22.2 Å². The van der Waals surface area contributed by atoms with Crippen molar-refractivity contribution in [2.75, 3.05) is 11.9 Å². The summed E-state index contributed by atoms with van der Waals surface area (Å²) in [7, 11) is 0.